The van der Waals surface area contributed by atoms with E-state index in [0.29, 0.717) is 25.2 Å². The fraction of sp³-hybridized carbons (Fsp3) is 0.708. The molecule has 0 unspecified atom stereocenters. The zero-order chi connectivity index (χ0) is 20.9. The summed E-state index contributed by atoms with van der Waals surface area (Å²) in [6.45, 7) is 12.2. The van der Waals surface area contributed by atoms with Crippen molar-refractivity contribution >= 4 is 18.4 Å². The second-order valence-electron chi connectivity index (χ2n) is 8.99. The Labute approximate surface area is 193 Å². The summed E-state index contributed by atoms with van der Waals surface area (Å²) in [6, 6.07) is 7.43. The number of carbonyl (C=O) groups excluding carboxylic acids is 1. The predicted molar refractivity (Wildman–Crippen MR) is 125 cm³/mol. The number of carbonyl (C=O) groups is 1. The summed E-state index contributed by atoms with van der Waals surface area (Å²) in [5.74, 6) is 1.74. The summed E-state index contributed by atoms with van der Waals surface area (Å²) in [4.78, 5) is 19.3. The van der Waals surface area contributed by atoms with Crippen molar-refractivity contribution in [3.05, 3.63) is 29.3 Å². The van der Waals surface area contributed by atoms with Crippen molar-refractivity contribution in [1.29, 1.82) is 0 Å². The van der Waals surface area contributed by atoms with Crippen LogP contribution < -0.4 is 4.74 Å². The highest BCUT2D eigenvalue weighted by Crippen LogP contribution is 2.27. The maximum Gasteiger partial charge on any atom is 0.320 e. The van der Waals surface area contributed by atoms with Crippen molar-refractivity contribution in [3.8, 4) is 5.75 Å². The zero-order valence-electron chi connectivity index (χ0n) is 19.1. The number of benzene rings is 1. The van der Waals surface area contributed by atoms with Gasteiger partial charge in [0.05, 0.1) is 19.8 Å². The molecule has 1 atom stereocenters. The van der Waals surface area contributed by atoms with Crippen molar-refractivity contribution in [2.24, 2.45) is 5.92 Å². The molecule has 1 aromatic carbocycles. The first-order chi connectivity index (χ1) is 14.6. The third kappa shape index (κ3) is 6.05. The number of likely N-dealkylation sites (tertiary alicyclic amines) is 1. The molecule has 0 radical (unpaired) electrons. The normalized spacial score (nSPS) is 20.2. The molecule has 0 spiro atoms. The van der Waals surface area contributed by atoms with Crippen LogP contribution in [-0.4, -0.2) is 85.9 Å². The highest BCUT2D eigenvalue weighted by atomic mass is 35.5. The third-order valence-corrected chi connectivity index (χ3v) is 6.97. The van der Waals surface area contributed by atoms with Crippen molar-refractivity contribution in [2.75, 3.05) is 59.1 Å². The molecular formula is C24H38ClN3O3. The second-order valence-corrected chi connectivity index (χ2v) is 8.99. The van der Waals surface area contributed by atoms with E-state index in [1.807, 2.05) is 9.80 Å². The quantitative estimate of drug-likeness (QED) is 0.664. The lowest BCUT2D eigenvalue weighted by atomic mass is 9.95. The maximum absolute atomic E-state index is 12.7. The molecule has 4 rings (SSSR count). The molecule has 174 valence electrons. The van der Waals surface area contributed by atoms with Gasteiger partial charge in [0.1, 0.15) is 5.75 Å². The third-order valence-electron chi connectivity index (χ3n) is 6.97. The van der Waals surface area contributed by atoms with Gasteiger partial charge in [-0.1, -0.05) is 19.1 Å². The monoisotopic (exact) mass is 451 g/mol. The standard InChI is InChI=1S/C24H37N3O3.ClH/c1-3-25(19(2)16-21-4-5-23-22(17-21)8-13-30-23)18-20-6-9-26(10-7-20)24(28)27-11-14-29-15-12-27;/h4-5,17,19-20H,3,6-16,18H2,1-2H3;1H/t19-;/m0./s1. The Hall–Kier alpha value is -1.50. The second kappa shape index (κ2) is 11.4. The van der Waals surface area contributed by atoms with Crippen molar-refractivity contribution in [2.45, 2.75) is 45.6 Å². The van der Waals surface area contributed by atoms with Gasteiger partial charge in [-0.2, -0.15) is 0 Å². The maximum atomic E-state index is 12.7. The van der Waals surface area contributed by atoms with E-state index in [1.165, 1.54) is 11.1 Å². The number of halogens is 1. The average Bonchev–Trinajstić information content (AvgIpc) is 3.26. The van der Waals surface area contributed by atoms with Gasteiger partial charge < -0.3 is 24.2 Å². The first-order valence-electron chi connectivity index (χ1n) is 11.7. The van der Waals surface area contributed by atoms with Crippen LogP contribution in [0.1, 0.15) is 37.8 Å². The summed E-state index contributed by atoms with van der Waals surface area (Å²) in [7, 11) is 0. The fourth-order valence-electron chi connectivity index (χ4n) is 5.05. The van der Waals surface area contributed by atoms with Crippen molar-refractivity contribution in [3.63, 3.8) is 0 Å². The number of hydrogen-bond donors (Lipinski definition) is 0. The summed E-state index contributed by atoms with van der Waals surface area (Å²) in [5.41, 5.74) is 2.77. The zero-order valence-corrected chi connectivity index (χ0v) is 19.9. The first kappa shape index (κ1) is 24.1. The van der Waals surface area contributed by atoms with E-state index < -0.39 is 0 Å². The number of nitrogens with zero attached hydrogens (tertiary/aromatic N) is 3. The lowest BCUT2D eigenvalue weighted by Gasteiger charge is -2.39. The number of urea groups is 1. The van der Waals surface area contributed by atoms with Gasteiger partial charge >= 0.3 is 6.03 Å². The molecule has 3 aliphatic heterocycles. The molecular weight excluding hydrogens is 414 g/mol. The van der Waals surface area contributed by atoms with Crippen LogP contribution in [0.3, 0.4) is 0 Å². The molecule has 0 aliphatic carbocycles. The Morgan fingerprint density at radius 2 is 1.84 bits per heavy atom. The first-order valence-corrected chi connectivity index (χ1v) is 11.7. The number of ether oxygens (including phenoxy) is 2. The highest BCUT2D eigenvalue weighted by molar-refractivity contribution is 5.85. The molecule has 3 heterocycles. The molecule has 0 aromatic heterocycles. The number of morpholine rings is 1. The number of likely N-dealkylation sites (N-methyl/N-ethyl adjacent to an activating group) is 1. The predicted octanol–water partition coefficient (Wildman–Crippen LogP) is 3.46. The van der Waals surface area contributed by atoms with E-state index >= 15 is 0 Å². The molecule has 0 saturated carbocycles. The van der Waals surface area contributed by atoms with Gasteiger partial charge in [0.15, 0.2) is 0 Å². The van der Waals surface area contributed by atoms with Crippen LogP contribution in [0.5, 0.6) is 5.75 Å². The minimum Gasteiger partial charge on any atom is -0.493 e. The Balaban J connectivity index is 0.00000272. The number of rotatable bonds is 6. The minimum absolute atomic E-state index is 0. The van der Waals surface area contributed by atoms with Crippen LogP contribution in [0.2, 0.25) is 0 Å². The molecule has 2 fully saturated rings. The number of piperidine rings is 1. The number of fused-ring (bicyclic) bond motifs is 1. The Kier molecular flexibility index (Phi) is 8.87. The van der Waals surface area contributed by atoms with E-state index in [1.54, 1.807) is 0 Å². The van der Waals surface area contributed by atoms with Gasteiger partial charge in [-0.3, -0.25) is 0 Å². The van der Waals surface area contributed by atoms with E-state index in [2.05, 4.69) is 36.9 Å². The van der Waals surface area contributed by atoms with Gasteiger partial charge in [0, 0.05) is 45.2 Å². The minimum atomic E-state index is 0. The topological polar surface area (TPSA) is 45.2 Å². The van der Waals surface area contributed by atoms with E-state index in [0.717, 1.165) is 77.3 Å². The van der Waals surface area contributed by atoms with Gasteiger partial charge in [-0.15, -0.1) is 12.4 Å². The summed E-state index contributed by atoms with van der Waals surface area (Å²) in [6.07, 6.45) is 4.33. The van der Waals surface area contributed by atoms with Crippen molar-refractivity contribution in [1.82, 2.24) is 14.7 Å². The largest absolute Gasteiger partial charge is 0.493 e. The molecule has 7 heteroatoms. The van der Waals surface area contributed by atoms with Crippen LogP contribution in [0, 0.1) is 5.92 Å². The molecule has 6 nitrogen and oxygen atoms in total. The van der Waals surface area contributed by atoms with Crippen LogP contribution in [-0.2, 0) is 17.6 Å². The van der Waals surface area contributed by atoms with Crippen molar-refractivity contribution < 1.29 is 14.3 Å². The molecule has 2 amide bonds. The summed E-state index contributed by atoms with van der Waals surface area (Å²) < 4.78 is 11.0. The molecule has 3 aliphatic rings. The summed E-state index contributed by atoms with van der Waals surface area (Å²) >= 11 is 0. The lowest BCUT2D eigenvalue weighted by molar-refractivity contribution is 0.0387. The fourth-order valence-corrected chi connectivity index (χ4v) is 5.05. The summed E-state index contributed by atoms with van der Waals surface area (Å²) in [5, 5.41) is 0. The highest BCUT2D eigenvalue weighted by Gasteiger charge is 2.28. The van der Waals surface area contributed by atoms with E-state index in [-0.39, 0.29) is 18.4 Å². The molecule has 2 saturated heterocycles. The molecule has 0 N–H and O–H groups in total. The van der Waals surface area contributed by atoms with Gasteiger partial charge in [-0.05, 0) is 55.8 Å². The molecule has 31 heavy (non-hydrogen) atoms. The van der Waals surface area contributed by atoms with Gasteiger partial charge in [0.2, 0.25) is 0 Å². The van der Waals surface area contributed by atoms with Crippen LogP contribution >= 0.6 is 12.4 Å². The van der Waals surface area contributed by atoms with Crippen LogP contribution in [0.25, 0.3) is 0 Å². The number of amides is 2. The van der Waals surface area contributed by atoms with Gasteiger partial charge in [-0.25, -0.2) is 4.79 Å². The van der Waals surface area contributed by atoms with Crippen LogP contribution in [0.15, 0.2) is 18.2 Å². The smallest absolute Gasteiger partial charge is 0.320 e. The lowest BCUT2D eigenvalue weighted by Crippen LogP contribution is -2.51. The van der Waals surface area contributed by atoms with Gasteiger partial charge in [0.25, 0.3) is 0 Å². The Morgan fingerprint density at radius 3 is 2.55 bits per heavy atom. The van der Waals surface area contributed by atoms with E-state index in [9.17, 15) is 4.79 Å². The average molecular weight is 452 g/mol. The van der Waals surface area contributed by atoms with E-state index in [4.69, 9.17) is 9.47 Å². The molecule has 1 aromatic rings. The molecule has 0 bridgehead atoms. The number of hydrogen-bond acceptors (Lipinski definition) is 4. The Morgan fingerprint density at radius 1 is 1.13 bits per heavy atom. The van der Waals surface area contributed by atoms with Crippen LogP contribution in [0.4, 0.5) is 4.79 Å². The Bertz CT molecular complexity index is 718. The SMILES string of the molecule is CCN(CC1CCN(C(=O)N2CCOCC2)CC1)[C@@H](C)Cc1ccc2c(c1)CCO2.Cl.